The summed E-state index contributed by atoms with van der Waals surface area (Å²) < 4.78 is 31.0. The lowest BCUT2D eigenvalue weighted by atomic mass is 10.2. The first-order valence-electron chi connectivity index (χ1n) is 11.2. The second-order valence-electron chi connectivity index (χ2n) is 8.40. The first-order chi connectivity index (χ1) is 16.0. The van der Waals surface area contributed by atoms with Crippen molar-refractivity contribution >= 4 is 32.3 Å². The maximum Gasteiger partial charge on any atom is 0.268 e. The molecule has 6 nitrogen and oxygen atoms in total. The van der Waals surface area contributed by atoms with Gasteiger partial charge in [0.05, 0.1) is 21.8 Å². The number of aromatic hydroxyl groups is 1. The minimum Gasteiger partial charge on any atom is -0.508 e. The normalized spacial score (nSPS) is 14.7. The van der Waals surface area contributed by atoms with E-state index in [0.29, 0.717) is 11.4 Å². The summed E-state index contributed by atoms with van der Waals surface area (Å²) in [5.74, 6) is 0.0852. The molecule has 1 aromatic heterocycles. The molecule has 4 aromatic rings. The number of nitrogens with zero attached hydrogens (tertiary/aromatic N) is 3. The molecule has 0 atom stereocenters. The standard InChI is InChI=1S/C26H27N3O3S/c30-24-12-10-22(11-13-24)29(33(31,32)25-6-2-1-3-7-25)23-9-8-21-14-17-28(26(21)20-23)19-18-27-15-4-5-16-27/h1-3,6-14,17,20,30H,4-5,15-16,18-19H2. The third kappa shape index (κ3) is 4.34. The van der Waals surface area contributed by atoms with Gasteiger partial charge in [0.25, 0.3) is 10.0 Å². The zero-order valence-corrected chi connectivity index (χ0v) is 19.2. The van der Waals surface area contributed by atoms with E-state index in [2.05, 4.69) is 21.7 Å². The summed E-state index contributed by atoms with van der Waals surface area (Å²) in [7, 11) is -3.88. The van der Waals surface area contributed by atoms with Crippen LogP contribution in [0.15, 0.2) is 90.0 Å². The molecular formula is C26H27N3O3S. The van der Waals surface area contributed by atoms with Gasteiger partial charge in [0.15, 0.2) is 0 Å². The molecule has 0 bridgehead atoms. The Morgan fingerprint density at radius 2 is 1.52 bits per heavy atom. The minimum atomic E-state index is -3.88. The molecule has 1 saturated heterocycles. The summed E-state index contributed by atoms with van der Waals surface area (Å²) in [5, 5.41) is 10.8. The SMILES string of the molecule is O=S(=O)(c1ccccc1)N(c1ccc(O)cc1)c1ccc2ccn(CCN3CCCC3)c2c1. The number of sulfonamides is 1. The number of phenols is 1. The summed E-state index contributed by atoms with van der Waals surface area (Å²) in [6.45, 7) is 4.14. The van der Waals surface area contributed by atoms with E-state index in [-0.39, 0.29) is 10.6 Å². The second-order valence-corrected chi connectivity index (χ2v) is 10.2. The molecule has 0 aliphatic carbocycles. The monoisotopic (exact) mass is 461 g/mol. The highest BCUT2D eigenvalue weighted by molar-refractivity contribution is 7.93. The average molecular weight is 462 g/mol. The molecule has 170 valence electrons. The van der Waals surface area contributed by atoms with Crippen molar-refractivity contribution in [3.63, 3.8) is 0 Å². The first kappa shape index (κ1) is 21.6. The van der Waals surface area contributed by atoms with Crippen LogP contribution in [-0.2, 0) is 16.6 Å². The smallest absolute Gasteiger partial charge is 0.268 e. The number of rotatable bonds is 7. The van der Waals surface area contributed by atoms with Gasteiger partial charge >= 0.3 is 0 Å². The molecule has 0 amide bonds. The molecule has 0 saturated carbocycles. The third-order valence-corrected chi connectivity index (χ3v) is 7.98. The zero-order valence-electron chi connectivity index (χ0n) is 18.3. The van der Waals surface area contributed by atoms with E-state index in [4.69, 9.17) is 0 Å². The third-order valence-electron chi connectivity index (χ3n) is 6.21. The van der Waals surface area contributed by atoms with Gasteiger partial charge < -0.3 is 14.6 Å². The lowest BCUT2D eigenvalue weighted by Gasteiger charge is -2.25. The number of phenolic OH excluding ortho intramolecular Hbond substituents is 1. The largest absolute Gasteiger partial charge is 0.508 e. The molecule has 0 radical (unpaired) electrons. The molecule has 5 rings (SSSR count). The van der Waals surface area contributed by atoms with Crippen LogP contribution in [0, 0.1) is 0 Å². The van der Waals surface area contributed by atoms with E-state index in [1.54, 1.807) is 42.5 Å². The van der Waals surface area contributed by atoms with Crippen LogP contribution in [-0.4, -0.2) is 42.6 Å². The maximum absolute atomic E-state index is 13.7. The van der Waals surface area contributed by atoms with E-state index in [1.807, 2.05) is 18.2 Å². The van der Waals surface area contributed by atoms with Crippen molar-refractivity contribution in [1.29, 1.82) is 0 Å². The summed E-state index contributed by atoms with van der Waals surface area (Å²) >= 11 is 0. The quantitative estimate of drug-likeness (QED) is 0.422. The first-order valence-corrected chi connectivity index (χ1v) is 12.7. The predicted octanol–water partition coefficient (Wildman–Crippen LogP) is 4.97. The van der Waals surface area contributed by atoms with Crippen molar-refractivity contribution in [2.45, 2.75) is 24.3 Å². The second kappa shape index (κ2) is 8.92. The summed E-state index contributed by atoms with van der Waals surface area (Å²) in [4.78, 5) is 2.68. The topological polar surface area (TPSA) is 65.8 Å². The van der Waals surface area contributed by atoms with Crippen LogP contribution in [0.2, 0.25) is 0 Å². The van der Waals surface area contributed by atoms with E-state index >= 15 is 0 Å². The van der Waals surface area contributed by atoms with Crippen LogP contribution < -0.4 is 4.31 Å². The molecular weight excluding hydrogens is 434 g/mol. The van der Waals surface area contributed by atoms with Crippen molar-refractivity contribution in [1.82, 2.24) is 9.47 Å². The molecule has 0 spiro atoms. The lowest BCUT2D eigenvalue weighted by molar-refractivity contribution is 0.324. The maximum atomic E-state index is 13.7. The molecule has 1 aliphatic heterocycles. The van der Waals surface area contributed by atoms with E-state index in [1.165, 1.54) is 29.3 Å². The minimum absolute atomic E-state index is 0.0852. The average Bonchev–Trinajstić information content (AvgIpc) is 3.49. The van der Waals surface area contributed by atoms with E-state index < -0.39 is 10.0 Å². The Kier molecular flexibility index (Phi) is 5.83. The van der Waals surface area contributed by atoms with Gasteiger partial charge in [0, 0.05) is 19.3 Å². The molecule has 2 heterocycles. The molecule has 1 aliphatic rings. The Balaban J connectivity index is 1.57. The van der Waals surface area contributed by atoms with Crippen LogP contribution in [0.4, 0.5) is 11.4 Å². The van der Waals surface area contributed by atoms with Gasteiger partial charge in [-0.2, -0.15) is 0 Å². The van der Waals surface area contributed by atoms with Gasteiger partial charge in [-0.1, -0.05) is 24.3 Å². The van der Waals surface area contributed by atoms with Crippen LogP contribution in [0.5, 0.6) is 5.75 Å². The Morgan fingerprint density at radius 3 is 2.24 bits per heavy atom. The summed E-state index contributed by atoms with van der Waals surface area (Å²) in [5.41, 5.74) is 2.02. The highest BCUT2D eigenvalue weighted by Crippen LogP contribution is 2.35. The number of fused-ring (bicyclic) bond motifs is 1. The molecule has 0 unspecified atom stereocenters. The summed E-state index contributed by atoms with van der Waals surface area (Å²) in [6, 6.07) is 22.5. The van der Waals surface area contributed by atoms with Gasteiger partial charge in [-0.25, -0.2) is 12.7 Å². The van der Waals surface area contributed by atoms with E-state index in [9.17, 15) is 13.5 Å². The Morgan fingerprint density at radius 1 is 0.818 bits per heavy atom. The highest BCUT2D eigenvalue weighted by Gasteiger charge is 2.27. The molecule has 3 aromatic carbocycles. The van der Waals surface area contributed by atoms with Gasteiger partial charge in [0.2, 0.25) is 0 Å². The molecule has 7 heteroatoms. The number of hydrogen-bond donors (Lipinski definition) is 1. The fourth-order valence-electron chi connectivity index (χ4n) is 4.46. The fourth-order valence-corrected chi connectivity index (χ4v) is 5.96. The Hall–Kier alpha value is -3.29. The highest BCUT2D eigenvalue weighted by atomic mass is 32.2. The number of aromatic nitrogens is 1. The van der Waals surface area contributed by atoms with Gasteiger partial charge in [-0.3, -0.25) is 0 Å². The van der Waals surface area contributed by atoms with Crippen molar-refractivity contribution in [3.8, 4) is 5.75 Å². The number of hydrogen-bond acceptors (Lipinski definition) is 4. The predicted molar refractivity (Wildman–Crippen MR) is 131 cm³/mol. The van der Waals surface area contributed by atoms with Crippen LogP contribution in [0.1, 0.15) is 12.8 Å². The molecule has 1 fully saturated rings. The van der Waals surface area contributed by atoms with Gasteiger partial charge in [0.1, 0.15) is 5.75 Å². The number of benzene rings is 3. The van der Waals surface area contributed by atoms with Gasteiger partial charge in [-0.15, -0.1) is 0 Å². The van der Waals surface area contributed by atoms with Crippen molar-refractivity contribution < 1.29 is 13.5 Å². The Labute approximate surface area is 194 Å². The Bertz CT molecular complexity index is 1340. The molecule has 1 N–H and O–H groups in total. The van der Waals surface area contributed by atoms with Crippen molar-refractivity contribution in [2.75, 3.05) is 23.9 Å². The fraction of sp³-hybridized carbons (Fsp3) is 0.231. The van der Waals surface area contributed by atoms with Crippen LogP contribution in [0.3, 0.4) is 0 Å². The van der Waals surface area contributed by atoms with Crippen molar-refractivity contribution in [3.05, 3.63) is 85.1 Å². The number of likely N-dealkylation sites (tertiary alicyclic amines) is 1. The van der Waals surface area contributed by atoms with E-state index in [0.717, 1.165) is 37.1 Å². The molecule has 33 heavy (non-hydrogen) atoms. The van der Waals surface area contributed by atoms with Crippen LogP contribution in [0.25, 0.3) is 10.9 Å². The van der Waals surface area contributed by atoms with Gasteiger partial charge in [-0.05, 0) is 85.9 Å². The van der Waals surface area contributed by atoms with Crippen LogP contribution >= 0.6 is 0 Å². The lowest BCUT2D eigenvalue weighted by Crippen LogP contribution is -2.26. The number of anilines is 2. The van der Waals surface area contributed by atoms with Crippen molar-refractivity contribution in [2.24, 2.45) is 0 Å². The zero-order chi connectivity index (χ0) is 22.8. The summed E-state index contributed by atoms with van der Waals surface area (Å²) in [6.07, 6.45) is 4.59.